The van der Waals surface area contributed by atoms with E-state index < -0.39 is 73.1 Å². The molecule has 0 amide bonds. The summed E-state index contributed by atoms with van der Waals surface area (Å²) < 4.78 is 127. The van der Waals surface area contributed by atoms with Gasteiger partial charge in [-0.1, -0.05) is 0 Å². The van der Waals surface area contributed by atoms with Gasteiger partial charge in [0.2, 0.25) is 0 Å². The van der Waals surface area contributed by atoms with E-state index in [0.717, 1.165) is 0 Å². The summed E-state index contributed by atoms with van der Waals surface area (Å²) in [6.07, 6.45) is -4.25. The molecule has 2 rings (SSSR count). The molecular weight excluding hydrogens is 412 g/mol. The van der Waals surface area contributed by atoms with Crippen molar-refractivity contribution in [2.75, 3.05) is 0 Å². The second kappa shape index (κ2) is 5.87. The summed E-state index contributed by atoms with van der Waals surface area (Å²) in [5, 5.41) is 9.51. The van der Waals surface area contributed by atoms with Crippen LogP contribution in [0.4, 0.5) is 35.1 Å². The van der Waals surface area contributed by atoms with Crippen molar-refractivity contribution in [1.82, 2.24) is 0 Å². The third-order valence-corrected chi connectivity index (χ3v) is 4.84. The van der Waals surface area contributed by atoms with E-state index in [0.29, 0.717) is 12.1 Å². The van der Waals surface area contributed by atoms with Gasteiger partial charge in [-0.25, -0.2) is 8.78 Å². The summed E-state index contributed by atoms with van der Waals surface area (Å²) in [6, 6.07) is 0.840. The molecule has 1 N–H and O–H groups in total. The van der Waals surface area contributed by atoms with Gasteiger partial charge in [0.25, 0.3) is 5.92 Å². The van der Waals surface area contributed by atoms with E-state index in [9.17, 15) is 48.6 Å². The SMILES string of the molecule is O=S(=O)(Oc1ccc(SC(F)(F)F)c2c1CC(F)(F)[C@H]2O)C(F)(F)F. The molecule has 14 heteroatoms. The number of alkyl halides is 8. The molecule has 0 saturated carbocycles. The minimum atomic E-state index is -6.23. The second-order valence-corrected chi connectivity index (χ2v) is 7.47. The minimum absolute atomic E-state index is 0.393. The van der Waals surface area contributed by atoms with Gasteiger partial charge in [-0.05, 0) is 23.9 Å². The first-order chi connectivity index (χ1) is 11.1. The van der Waals surface area contributed by atoms with Gasteiger partial charge in [-0.3, -0.25) is 0 Å². The number of thioether (sulfide) groups is 1. The lowest BCUT2D eigenvalue weighted by molar-refractivity contribution is -0.0977. The molecule has 0 aliphatic heterocycles. The molecule has 0 unspecified atom stereocenters. The quantitative estimate of drug-likeness (QED) is 0.351. The summed E-state index contributed by atoms with van der Waals surface area (Å²) in [7, 11) is -6.23. The van der Waals surface area contributed by atoms with Gasteiger partial charge in [-0.15, -0.1) is 0 Å². The Hall–Kier alpha value is -1.28. The number of fused-ring (bicyclic) bond motifs is 1. The van der Waals surface area contributed by atoms with Crippen LogP contribution in [0.15, 0.2) is 17.0 Å². The van der Waals surface area contributed by atoms with Gasteiger partial charge >= 0.3 is 21.1 Å². The normalized spacial score (nSPS) is 20.4. The molecule has 0 spiro atoms. The number of hydrogen-bond acceptors (Lipinski definition) is 5. The maximum absolute atomic E-state index is 13.6. The average Bonchev–Trinajstić information content (AvgIpc) is 2.61. The summed E-state index contributed by atoms with van der Waals surface area (Å²) in [6.45, 7) is 0. The summed E-state index contributed by atoms with van der Waals surface area (Å²) >= 11 is -0.878. The van der Waals surface area contributed by atoms with Crippen LogP contribution < -0.4 is 4.18 Å². The maximum atomic E-state index is 13.6. The topological polar surface area (TPSA) is 63.6 Å². The zero-order valence-electron chi connectivity index (χ0n) is 11.5. The zero-order valence-corrected chi connectivity index (χ0v) is 13.1. The largest absolute Gasteiger partial charge is 0.534 e. The van der Waals surface area contributed by atoms with E-state index in [1.54, 1.807) is 0 Å². The van der Waals surface area contributed by atoms with E-state index in [-0.39, 0.29) is 0 Å². The molecule has 0 heterocycles. The van der Waals surface area contributed by atoms with Crippen LogP contribution in [0.5, 0.6) is 5.75 Å². The number of benzene rings is 1. The first kappa shape index (κ1) is 20.0. The van der Waals surface area contributed by atoms with Gasteiger partial charge in [-0.2, -0.15) is 34.8 Å². The maximum Gasteiger partial charge on any atom is 0.534 e. The number of aliphatic hydroxyl groups excluding tert-OH is 1. The molecule has 1 aromatic rings. The molecular formula is C11H6F8O4S2. The Morgan fingerprint density at radius 3 is 2.20 bits per heavy atom. The first-order valence-electron chi connectivity index (χ1n) is 6.03. The van der Waals surface area contributed by atoms with Crippen LogP contribution >= 0.6 is 11.8 Å². The van der Waals surface area contributed by atoms with E-state index in [1.807, 2.05) is 0 Å². The molecule has 0 saturated heterocycles. The van der Waals surface area contributed by atoms with Crippen LogP contribution in [0.25, 0.3) is 0 Å². The minimum Gasteiger partial charge on any atom is -0.382 e. The van der Waals surface area contributed by atoms with Crippen LogP contribution in [-0.4, -0.2) is 30.5 Å². The van der Waals surface area contributed by atoms with Gasteiger partial charge in [0, 0.05) is 22.4 Å². The van der Waals surface area contributed by atoms with Gasteiger partial charge < -0.3 is 9.29 Å². The molecule has 0 bridgehead atoms. The van der Waals surface area contributed by atoms with Crippen molar-refractivity contribution < 1.29 is 52.8 Å². The molecule has 1 aliphatic rings. The Morgan fingerprint density at radius 2 is 1.72 bits per heavy atom. The highest BCUT2D eigenvalue weighted by molar-refractivity contribution is 8.00. The number of rotatable bonds is 3. The van der Waals surface area contributed by atoms with Crippen molar-refractivity contribution in [2.24, 2.45) is 0 Å². The van der Waals surface area contributed by atoms with E-state index in [4.69, 9.17) is 0 Å². The van der Waals surface area contributed by atoms with E-state index >= 15 is 0 Å². The second-order valence-electron chi connectivity index (χ2n) is 4.83. The smallest absolute Gasteiger partial charge is 0.382 e. The van der Waals surface area contributed by atoms with Gasteiger partial charge in [0.1, 0.15) is 11.9 Å². The Bertz CT molecular complexity index is 784. The van der Waals surface area contributed by atoms with Crippen molar-refractivity contribution in [2.45, 2.75) is 34.4 Å². The summed E-state index contributed by atoms with van der Waals surface area (Å²) in [5.41, 5.74) is -12.8. The molecule has 25 heavy (non-hydrogen) atoms. The predicted molar refractivity (Wildman–Crippen MR) is 67.6 cm³/mol. The predicted octanol–water partition coefficient (Wildman–Crippen LogP) is 3.75. The Kier molecular flexibility index (Phi) is 4.71. The molecule has 1 atom stereocenters. The van der Waals surface area contributed by atoms with Gasteiger partial charge in [0.05, 0.1) is 0 Å². The highest BCUT2D eigenvalue weighted by atomic mass is 32.2. The van der Waals surface area contributed by atoms with E-state index in [2.05, 4.69) is 4.18 Å². The number of hydrogen-bond donors (Lipinski definition) is 1. The van der Waals surface area contributed by atoms with Crippen LogP contribution in [0.2, 0.25) is 0 Å². The lowest BCUT2D eigenvalue weighted by Crippen LogP contribution is -2.28. The fraction of sp³-hybridized carbons (Fsp3) is 0.455. The highest BCUT2D eigenvalue weighted by Crippen LogP contribution is 2.52. The summed E-state index contributed by atoms with van der Waals surface area (Å²) in [4.78, 5) is -0.899. The van der Waals surface area contributed by atoms with Crippen LogP contribution in [0, 0.1) is 0 Å². The van der Waals surface area contributed by atoms with Gasteiger partial charge in [0.15, 0.2) is 0 Å². The molecule has 0 radical (unpaired) electrons. The fourth-order valence-electron chi connectivity index (χ4n) is 2.11. The number of aliphatic hydroxyl groups is 1. The lowest BCUT2D eigenvalue weighted by Gasteiger charge is -2.17. The molecule has 0 fully saturated rings. The Morgan fingerprint density at radius 1 is 1.16 bits per heavy atom. The highest BCUT2D eigenvalue weighted by Gasteiger charge is 2.53. The molecule has 4 nitrogen and oxygen atoms in total. The van der Waals surface area contributed by atoms with Crippen LogP contribution in [0.3, 0.4) is 0 Å². The average molecular weight is 418 g/mol. The molecule has 142 valence electrons. The van der Waals surface area contributed by atoms with Crippen molar-refractivity contribution in [3.63, 3.8) is 0 Å². The van der Waals surface area contributed by atoms with E-state index in [1.165, 1.54) is 0 Å². The van der Waals surface area contributed by atoms with Crippen LogP contribution in [0.1, 0.15) is 17.2 Å². The fourth-order valence-corrected chi connectivity index (χ4v) is 3.32. The monoisotopic (exact) mass is 418 g/mol. The Labute approximate surface area is 138 Å². The third-order valence-electron chi connectivity index (χ3n) is 3.07. The third kappa shape index (κ3) is 3.95. The molecule has 1 aromatic carbocycles. The van der Waals surface area contributed by atoms with Crippen molar-refractivity contribution >= 4 is 21.9 Å². The Balaban J connectivity index is 2.57. The standard InChI is InChI=1S/C11H6F8O4S2/c12-9(13)3-4-5(23-25(21,22)11(17,18)19)1-2-6(7(4)8(9)20)24-10(14,15)16/h1-2,8,20H,3H2/t8-/m0/s1. The number of halogens is 8. The lowest BCUT2D eigenvalue weighted by atomic mass is 10.1. The molecule has 1 aliphatic carbocycles. The molecule has 0 aromatic heterocycles. The summed E-state index contributed by atoms with van der Waals surface area (Å²) in [5.74, 6) is -5.24. The first-order valence-corrected chi connectivity index (χ1v) is 8.26. The van der Waals surface area contributed by atoms with Crippen LogP contribution in [-0.2, 0) is 16.5 Å². The zero-order chi connectivity index (χ0) is 19.4. The van der Waals surface area contributed by atoms with Crippen molar-refractivity contribution in [3.8, 4) is 5.75 Å². The van der Waals surface area contributed by atoms with Crippen molar-refractivity contribution in [1.29, 1.82) is 0 Å². The van der Waals surface area contributed by atoms with Crippen molar-refractivity contribution in [3.05, 3.63) is 23.3 Å².